The molecule has 0 saturated heterocycles. The molecule has 1 nitrogen and oxygen atoms in total. The molecule has 0 spiro atoms. The molecular formula is C19H22F2GeO. The Morgan fingerprint density at radius 1 is 0.826 bits per heavy atom. The summed E-state index contributed by atoms with van der Waals surface area (Å²) in [5.74, 6) is 0.431. The first-order valence-electron chi connectivity index (χ1n) is 7.74. The van der Waals surface area contributed by atoms with Gasteiger partial charge in [0.15, 0.2) is 0 Å². The van der Waals surface area contributed by atoms with Crippen molar-refractivity contribution in [3.8, 4) is 5.75 Å². The van der Waals surface area contributed by atoms with Crippen LogP contribution in [0.15, 0.2) is 24.3 Å². The van der Waals surface area contributed by atoms with Crippen LogP contribution in [-0.4, -0.2) is 20.9 Å². The van der Waals surface area contributed by atoms with Crippen LogP contribution in [-0.2, 0) is 6.42 Å². The van der Waals surface area contributed by atoms with Gasteiger partial charge in [0.1, 0.15) is 0 Å². The first-order chi connectivity index (χ1) is 10.9. The summed E-state index contributed by atoms with van der Waals surface area (Å²) >= 11 is -0.242. The minimum atomic E-state index is -0.242. The van der Waals surface area contributed by atoms with Crippen molar-refractivity contribution in [2.45, 2.75) is 39.4 Å². The van der Waals surface area contributed by atoms with Gasteiger partial charge in [-0.15, -0.1) is 0 Å². The molecule has 122 valence electrons. The standard InChI is InChI=1S/C19H22F2GeO/c1-12-7-16(20)8-13(2)18(12)5-6-22-11-23-19-14(3)9-17(21)10-15(19)4/h7-10H,5-6,11H2,1-4H3. The van der Waals surface area contributed by atoms with E-state index in [9.17, 15) is 8.78 Å². The van der Waals surface area contributed by atoms with E-state index in [1.807, 2.05) is 27.7 Å². The Kier molecular flexibility index (Phi) is 6.22. The maximum absolute atomic E-state index is 13.3. The molecule has 0 aliphatic rings. The van der Waals surface area contributed by atoms with Crippen LogP contribution in [0.2, 0.25) is 5.25 Å². The van der Waals surface area contributed by atoms with Gasteiger partial charge >= 0.3 is 143 Å². The number of hydrogen-bond donors (Lipinski definition) is 0. The predicted molar refractivity (Wildman–Crippen MR) is 91.5 cm³/mol. The predicted octanol–water partition coefficient (Wildman–Crippen LogP) is 4.90. The van der Waals surface area contributed by atoms with E-state index in [4.69, 9.17) is 4.74 Å². The van der Waals surface area contributed by atoms with Gasteiger partial charge in [0.25, 0.3) is 0 Å². The van der Waals surface area contributed by atoms with Crippen molar-refractivity contribution in [1.82, 2.24) is 0 Å². The zero-order valence-electron chi connectivity index (χ0n) is 14.1. The van der Waals surface area contributed by atoms with Gasteiger partial charge in [-0.3, -0.25) is 0 Å². The van der Waals surface area contributed by atoms with Crippen LogP contribution in [0.4, 0.5) is 8.78 Å². The monoisotopic (exact) mass is 378 g/mol. The van der Waals surface area contributed by atoms with Crippen molar-refractivity contribution >= 4 is 15.4 Å². The van der Waals surface area contributed by atoms with E-state index in [-0.39, 0.29) is 27.1 Å². The average Bonchev–Trinajstić information content (AvgIpc) is 2.42. The molecule has 0 aromatic heterocycles. The van der Waals surface area contributed by atoms with Gasteiger partial charge in [-0.25, -0.2) is 0 Å². The summed E-state index contributed by atoms with van der Waals surface area (Å²) in [6.07, 6.45) is 0.975. The van der Waals surface area contributed by atoms with Gasteiger partial charge in [-0.2, -0.15) is 0 Å². The summed E-state index contributed by atoms with van der Waals surface area (Å²) in [5, 5.41) is 1.10. The molecular weight excluding hydrogens is 355 g/mol. The zero-order chi connectivity index (χ0) is 17.0. The summed E-state index contributed by atoms with van der Waals surface area (Å²) in [5.41, 5.74) is 5.73. The molecule has 0 fully saturated rings. The molecule has 0 bridgehead atoms. The van der Waals surface area contributed by atoms with Gasteiger partial charge in [0.05, 0.1) is 0 Å². The second-order valence-corrected chi connectivity index (χ2v) is 8.63. The Bertz CT molecular complexity index is 592. The van der Waals surface area contributed by atoms with Crippen molar-refractivity contribution in [2.24, 2.45) is 0 Å². The van der Waals surface area contributed by atoms with Gasteiger partial charge in [-0.05, 0) is 0 Å². The van der Waals surface area contributed by atoms with Crippen LogP contribution in [0.1, 0.15) is 27.8 Å². The van der Waals surface area contributed by atoms with Crippen LogP contribution in [0.5, 0.6) is 5.75 Å². The molecule has 0 aliphatic carbocycles. The molecule has 0 aliphatic heterocycles. The Morgan fingerprint density at radius 3 is 1.83 bits per heavy atom. The van der Waals surface area contributed by atoms with Crippen LogP contribution in [0.3, 0.4) is 0 Å². The minimum absolute atomic E-state index is 0.162. The van der Waals surface area contributed by atoms with E-state index < -0.39 is 0 Å². The van der Waals surface area contributed by atoms with E-state index in [0.717, 1.165) is 45.1 Å². The molecule has 2 rings (SSSR count). The Labute approximate surface area is 143 Å². The molecule has 0 saturated carbocycles. The average molecular weight is 377 g/mol. The van der Waals surface area contributed by atoms with E-state index in [1.54, 1.807) is 12.1 Å². The molecule has 0 unspecified atom stereocenters. The third-order valence-electron chi connectivity index (χ3n) is 3.96. The van der Waals surface area contributed by atoms with E-state index in [1.165, 1.54) is 17.7 Å². The zero-order valence-corrected chi connectivity index (χ0v) is 16.2. The van der Waals surface area contributed by atoms with Gasteiger partial charge < -0.3 is 0 Å². The molecule has 0 N–H and O–H groups in total. The van der Waals surface area contributed by atoms with Crippen molar-refractivity contribution in [3.63, 3.8) is 0 Å². The third kappa shape index (κ3) is 4.80. The summed E-state index contributed by atoms with van der Waals surface area (Å²) in [7, 11) is 0. The topological polar surface area (TPSA) is 9.23 Å². The molecule has 0 amide bonds. The van der Waals surface area contributed by atoms with Crippen molar-refractivity contribution in [2.75, 3.05) is 5.44 Å². The second-order valence-electron chi connectivity index (χ2n) is 5.93. The van der Waals surface area contributed by atoms with Crippen LogP contribution >= 0.6 is 0 Å². The SMILES string of the molecule is Cc1cc(F)cc(C)c1C[CH2][Ge][CH2]Oc1c(C)cc(F)cc1C. The fourth-order valence-electron chi connectivity index (χ4n) is 2.87. The molecule has 0 atom stereocenters. The van der Waals surface area contributed by atoms with Crippen molar-refractivity contribution in [1.29, 1.82) is 0 Å². The number of aryl methyl sites for hydroxylation is 4. The molecule has 2 aromatic rings. The number of halogens is 2. The number of ether oxygens (including phenoxy) is 1. The Morgan fingerprint density at radius 2 is 1.30 bits per heavy atom. The molecule has 0 heterocycles. The maximum atomic E-state index is 13.3. The Balaban J connectivity index is 1.85. The van der Waals surface area contributed by atoms with E-state index in [2.05, 4.69) is 0 Å². The summed E-state index contributed by atoms with van der Waals surface area (Å²) in [6, 6.07) is 6.22. The molecule has 2 aromatic carbocycles. The first-order valence-corrected chi connectivity index (χ1v) is 10.7. The number of benzene rings is 2. The molecule has 4 heteroatoms. The van der Waals surface area contributed by atoms with E-state index >= 15 is 0 Å². The van der Waals surface area contributed by atoms with Gasteiger partial charge in [-0.1, -0.05) is 0 Å². The summed E-state index contributed by atoms with van der Waals surface area (Å²) in [4.78, 5) is 0. The third-order valence-corrected chi connectivity index (χ3v) is 5.95. The fraction of sp³-hybridized carbons (Fsp3) is 0.368. The number of hydrogen-bond acceptors (Lipinski definition) is 1. The van der Waals surface area contributed by atoms with Crippen LogP contribution in [0.25, 0.3) is 0 Å². The van der Waals surface area contributed by atoms with E-state index in [0.29, 0.717) is 0 Å². The van der Waals surface area contributed by atoms with Crippen molar-refractivity contribution < 1.29 is 13.5 Å². The summed E-state index contributed by atoms with van der Waals surface area (Å²) in [6.45, 7) is 7.67. The second kappa shape index (κ2) is 7.95. The molecule has 2 radical (unpaired) electrons. The normalized spacial score (nSPS) is 10.9. The van der Waals surface area contributed by atoms with Crippen molar-refractivity contribution in [3.05, 3.63) is 63.7 Å². The number of rotatable bonds is 6. The van der Waals surface area contributed by atoms with Crippen LogP contribution in [0, 0.1) is 39.3 Å². The quantitative estimate of drug-likeness (QED) is 0.514. The first kappa shape index (κ1) is 18.0. The Hall–Kier alpha value is -1.36. The van der Waals surface area contributed by atoms with Gasteiger partial charge in [0, 0.05) is 0 Å². The molecule has 23 heavy (non-hydrogen) atoms. The van der Waals surface area contributed by atoms with Crippen LogP contribution < -0.4 is 4.74 Å². The van der Waals surface area contributed by atoms with Gasteiger partial charge in [0.2, 0.25) is 0 Å². The fourth-order valence-corrected chi connectivity index (χ4v) is 4.58. The summed E-state index contributed by atoms with van der Waals surface area (Å²) < 4.78 is 32.4.